The van der Waals surface area contributed by atoms with E-state index >= 15 is 0 Å². The number of nitrogens with one attached hydrogen (secondary N) is 1. The van der Waals surface area contributed by atoms with Crippen LogP contribution in [0.2, 0.25) is 0 Å². The maximum atomic E-state index is 12.8. The molecule has 31 heavy (non-hydrogen) atoms. The minimum absolute atomic E-state index is 0.0231. The Bertz CT molecular complexity index is 1070. The number of piperidine rings is 1. The van der Waals surface area contributed by atoms with E-state index in [0.717, 1.165) is 12.1 Å². The molecule has 2 aromatic rings. The van der Waals surface area contributed by atoms with Crippen LogP contribution in [0.25, 0.3) is 0 Å². The molecule has 3 atom stereocenters. The molecular formula is C20H19Cl3N4O4. The second kappa shape index (κ2) is 8.43. The van der Waals surface area contributed by atoms with E-state index in [1.54, 1.807) is 16.7 Å². The van der Waals surface area contributed by atoms with Crippen molar-refractivity contribution in [2.75, 3.05) is 13.1 Å². The predicted molar refractivity (Wildman–Crippen MR) is 118 cm³/mol. The summed E-state index contributed by atoms with van der Waals surface area (Å²) in [6.07, 6.45) is 0.00973. The lowest BCUT2D eigenvalue weighted by molar-refractivity contribution is -0.384. The van der Waals surface area contributed by atoms with Crippen LogP contribution in [0, 0.1) is 16.0 Å². The summed E-state index contributed by atoms with van der Waals surface area (Å²) in [5.41, 5.74) is 1.02. The number of likely N-dealkylation sites (tertiary alicyclic amines) is 1. The number of rotatable bonds is 4. The standard InChI is InChI=1S/C20H19Cl3N4O4/c21-20(22,23)19(24-18(29)13-4-6-15(7-5-13)27(30)31)25-9-12-8-14(11-25)16-2-1-3-17(28)26(16)10-12/h1-7,12,14,19H,8-11H2,(H,24,29)/t12-,14-,19?/m0/s1. The highest BCUT2D eigenvalue weighted by atomic mass is 35.6. The summed E-state index contributed by atoms with van der Waals surface area (Å²) in [4.78, 5) is 37.2. The summed E-state index contributed by atoms with van der Waals surface area (Å²) < 4.78 is -0.00555. The number of pyridine rings is 1. The van der Waals surface area contributed by atoms with Gasteiger partial charge in [0.15, 0.2) is 0 Å². The maximum absolute atomic E-state index is 12.8. The highest BCUT2D eigenvalue weighted by Gasteiger charge is 2.44. The molecule has 3 heterocycles. The molecule has 8 nitrogen and oxygen atoms in total. The van der Waals surface area contributed by atoms with Crippen molar-refractivity contribution in [1.29, 1.82) is 0 Å². The van der Waals surface area contributed by atoms with Gasteiger partial charge >= 0.3 is 0 Å². The smallest absolute Gasteiger partial charge is 0.269 e. The average Bonchev–Trinajstić information content (AvgIpc) is 2.71. The zero-order valence-corrected chi connectivity index (χ0v) is 18.5. The van der Waals surface area contributed by atoms with Crippen LogP contribution in [-0.4, -0.2) is 43.3 Å². The molecule has 0 saturated carbocycles. The molecule has 2 bridgehead atoms. The third-order valence-corrected chi connectivity index (χ3v) is 6.41. The number of nitrogens with zero attached hydrogens (tertiary/aromatic N) is 3. The van der Waals surface area contributed by atoms with Crippen LogP contribution in [-0.2, 0) is 6.54 Å². The second-order valence-corrected chi connectivity index (χ2v) is 10.2. The van der Waals surface area contributed by atoms with E-state index in [9.17, 15) is 19.7 Å². The van der Waals surface area contributed by atoms with Crippen LogP contribution in [0.5, 0.6) is 0 Å². The van der Waals surface area contributed by atoms with Gasteiger partial charge in [0, 0.05) is 55.0 Å². The molecule has 2 aliphatic rings. The summed E-state index contributed by atoms with van der Waals surface area (Å²) in [5.74, 6) is -0.247. The van der Waals surface area contributed by atoms with Gasteiger partial charge in [0.25, 0.3) is 17.2 Å². The fourth-order valence-electron chi connectivity index (χ4n) is 4.47. The Morgan fingerprint density at radius 1 is 1.13 bits per heavy atom. The van der Waals surface area contributed by atoms with Crippen molar-refractivity contribution in [3.8, 4) is 0 Å². The van der Waals surface area contributed by atoms with Gasteiger partial charge in [0.05, 0.1) is 4.92 Å². The van der Waals surface area contributed by atoms with Gasteiger partial charge in [-0.05, 0) is 30.5 Å². The fraction of sp³-hybridized carbons (Fsp3) is 0.400. The number of carbonyl (C=O) groups is 1. The van der Waals surface area contributed by atoms with E-state index < -0.39 is 20.8 Å². The zero-order chi connectivity index (χ0) is 22.3. The van der Waals surface area contributed by atoms with Gasteiger partial charge in [-0.15, -0.1) is 0 Å². The average molecular weight is 486 g/mol. The van der Waals surface area contributed by atoms with Gasteiger partial charge in [-0.3, -0.25) is 24.6 Å². The van der Waals surface area contributed by atoms with E-state index in [-0.39, 0.29) is 28.6 Å². The molecule has 1 aromatic carbocycles. The number of alkyl halides is 3. The molecule has 0 aliphatic carbocycles. The SMILES string of the molecule is O=C(NC(N1C[C@@H]2C[C@@H](C1)c1cccc(=O)n1C2)C(Cl)(Cl)Cl)c1ccc([N+](=O)[O-])cc1. The number of hydrogen-bond acceptors (Lipinski definition) is 5. The van der Waals surface area contributed by atoms with Crippen LogP contribution >= 0.6 is 34.8 Å². The topological polar surface area (TPSA) is 97.5 Å². The number of hydrogen-bond donors (Lipinski definition) is 1. The first-order valence-electron chi connectivity index (χ1n) is 9.69. The Hall–Kier alpha value is -2.13. The monoisotopic (exact) mass is 484 g/mol. The number of aromatic nitrogens is 1. The van der Waals surface area contributed by atoms with Crippen LogP contribution in [0.3, 0.4) is 0 Å². The maximum Gasteiger partial charge on any atom is 0.269 e. The van der Waals surface area contributed by atoms with Crippen molar-refractivity contribution in [2.45, 2.75) is 28.8 Å². The molecule has 164 valence electrons. The van der Waals surface area contributed by atoms with Gasteiger partial charge in [-0.2, -0.15) is 0 Å². The predicted octanol–water partition coefficient (Wildman–Crippen LogP) is 3.30. The molecule has 1 N–H and O–H groups in total. The summed E-state index contributed by atoms with van der Waals surface area (Å²) in [5, 5.41) is 13.6. The van der Waals surface area contributed by atoms with Crippen molar-refractivity contribution in [2.24, 2.45) is 5.92 Å². The van der Waals surface area contributed by atoms with Crippen molar-refractivity contribution in [3.05, 3.63) is 74.2 Å². The van der Waals surface area contributed by atoms with Crippen molar-refractivity contribution < 1.29 is 9.72 Å². The van der Waals surface area contributed by atoms with E-state index in [1.807, 2.05) is 11.0 Å². The number of halogens is 3. The molecule has 1 aromatic heterocycles. The molecule has 4 rings (SSSR count). The Morgan fingerprint density at radius 2 is 1.84 bits per heavy atom. The van der Waals surface area contributed by atoms with Gasteiger partial charge in [0.1, 0.15) is 6.17 Å². The Labute approximate surface area is 192 Å². The minimum atomic E-state index is -1.81. The molecule has 2 aliphatic heterocycles. The summed E-state index contributed by atoms with van der Waals surface area (Å²) in [6, 6.07) is 10.4. The van der Waals surface area contributed by atoms with E-state index in [2.05, 4.69) is 5.32 Å². The summed E-state index contributed by atoms with van der Waals surface area (Å²) >= 11 is 18.7. The molecular weight excluding hydrogens is 467 g/mol. The Morgan fingerprint density at radius 3 is 2.48 bits per heavy atom. The number of fused-ring (bicyclic) bond motifs is 4. The third kappa shape index (κ3) is 4.57. The fourth-order valence-corrected chi connectivity index (χ4v) is 5.04. The largest absolute Gasteiger partial charge is 0.332 e. The normalized spacial score (nSPS) is 21.8. The first-order chi connectivity index (χ1) is 14.6. The first kappa shape index (κ1) is 22.1. The lowest BCUT2D eigenvalue weighted by atomic mass is 9.83. The number of benzene rings is 1. The number of carbonyl (C=O) groups excluding carboxylic acids is 1. The molecule has 11 heteroatoms. The third-order valence-electron chi connectivity index (χ3n) is 5.79. The number of amides is 1. The van der Waals surface area contributed by atoms with Crippen LogP contribution in [0.1, 0.15) is 28.4 Å². The second-order valence-electron chi connectivity index (χ2n) is 7.87. The van der Waals surface area contributed by atoms with Gasteiger partial charge in [-0.25, -0.2) is 0 Å². The van der Waals surface area contributed by atoms with Gasteiger partial charge in [-0.1, -0.05) is 40.9 Å². The number of nitro benzene ring substituents is 1. The number of nitro groups is 1. The van der Waals surface area contributed by atoms with Gasteiger partial charge in [0.2, 0.25) is 3.79 Å². The first-order valence-corrected chi connectivity index (χ1v) is 10.8. The van der Waals surface area contributed by atoms with Crippen LogP contribution in [0.15, 0.2) is 47.3 Å². The van der Waals surface area contributed by atoms with E-state index in [4.69, 9.17) is 34.8 Å². The van der Waals surface area contributed by atoms with E-state index in [1.165, 1.54) is 24.3 Å². The molecule has 1 unspecified atom stereocenters. The van der Waals surface area contributed by atoms with Crippen LogP contribution < -0.4 is 10.9 Å². The molecule has 0 radical (unpaired) electrons. The Kier molecular flexibility index (Phi) is 6.00. The molecule has 1 fully saturated rings. The van der Waals surface area contributed by atoms with E-state index in [0.29, 0.717) is 19.6 Å². The highest BCUT2D eigenvalue weighted by molar-refractivity contribution is 6.68. The van der Waals surface area contributed by atoms with Crippen LogP contribution in [0.4, 0.5) is 5.69 Å². The molecule has 1 amide bonds. The lowest BCUT2D eigenvalue weighted by Crippen LogP contribution is -2.60. The lowest BCUT2D eigenvalue weighted by Gasteiger charge is -2.47. The molecule has 0 spiro atoms. The summed E-state index contributed by atoms with van der Waals surface area (Å²) in [6.45, 7) is 1.64. The summed E-state index contributed by atoms with van der Waals surface area (Å²) in [7, 11) is 0. The zero-order valence-electron chi connectivity index (χ0n) is 16.2. The minimum Gasteiger partial charge on any atom is -0.332 e. The quantitative estimate of drug-likeness (QED) is 0.407. The Balaban J connectivity index is 1.56. The van der Waals surface area contributed by atoms with Crippen molar-refractivity contribution >= 4 is 46.4 Å². The number of non-ortho nitro benzene ring substituents is 1. The van der Waals surface area contributed by atoms with Crippen molar-refractivity contribution in [3.63, 3.8) is 0 Å². The molecule has 1 saturated heterocycles. The van der Waals surface area contributed by atoms with Gasteiger partial charge < -0.3 is 9.88 Å². The van der Waals surface area contributed by atoms with Crippen molar-refractivity contribution in [1.82, 2.24) is 14.8 Å². The highest BCUT2D eigenvalue weighted by Crippen LogP contribution is 2.40.